The molecule has 0 aromatic rings. The molecule has 20 heavy (non-hydrogen) atoms. The fourth-order valence-corrected chi connectivity index (χ4v) is 2.75. The predicted octanol–water partition coefficient (Wildman–Crippen LogP) is 2.43. The number of esters is 1. The number of nitrogens with one attached hydrogen (secondary N) is 1. The maximum atomic E-state index is 11.1. The average Bonchev–Trinajstić information content (AvgIpc) is 2.90. The highest BCUT2D eigenvalue weighted by molar-refractivity contribution is 5.69. The topological polar surface area (TPSA) is 41.6 Å². The van der Waals surface area contributed by atoms with Crippen LogP contribution in [0.5, 0.6) is 0 Å². The van der Waals surface area contributed by atoms with E-state index in [1.165, 1.54) is 32.5 Å². The van der Waals surface area contributed by atoms with Crippen LogP contribution in [0.1, 0.15) is 52.4 Å². The van der Waals surface area contributed by atoms with Gasteiger partial charge < -0.3 is 15.0 Å². The van der Waals surface area contributed by atoms with E-state index in [0.717, 1.165) is 38.3 Å². The van der Waals surface area contributed by atoms with Gasteiger partial charge in [0, 0.05) is 13.0 Å². The summed E-state index contributed by atoms with van der Waals surface area (Å²) < 4.78 is 4.91. The van der Waals surface area contributed by atoms with Crippen LogP contribution in [0.15, 0.2) is 0 Å². The van der Waals surface area contributed by atoms with E-state index in [1.807, 2.05) is 6.92 Å². The molecule has 0 aromatic heterocycles. The summed E-state index contributed by atoms with van der Waals surface area (Å²) in [5, 5.41) is 3.53. The van der Waals surface area contributed by atoms with Gasteiger partial charge in [0.15, 0.2) is 0 Å². The van der Waals surface area contributed by atoms with Crippen molar-refractivity contribution in [3.05, 3.63) is 0 Å². The van der Waals surface area contributed by atoms with E-state index in [9.17, 15) is 4.79 Å². The van der Waals surface area contributed by atoms with Crippen molar-refractivity contribution in [2.24, 2.45) is 5.92 Å². The number of ether oxygens (including phenoxy) is 1. The van der Waals surface area contributed by atoms with Crippen molar-refractivity contribution >= 4 is 5.97 Å². The largest absolute Gasteiger partial charge is 0.466 e. The zero-order valence-electron chi connectivity index (χ0n) is 13.3. The molecule has 1 rings (SSSR count). The summed E-state index contributed by atoms with van der Waals surface area (Å²) in [6.07, 6.45) is 6.52. The summed E-state index contributed by atoms with van der Waals surface area (Å²) in [6, 6.07) is 0. The van der Waals surface area contributed by atoms with E-state index in [4.69, 9.17) is 4.74 Å². The molecular formula is C16H32N2O2. The zero-order chi connectivity index (χ0) is 14.6. The first kappa shape index (κ1) is 17.4. The van der Waals surface area contributed by atoms with Crippen LogP contribution in [-0.4, -0.2) is 50.2 Å². The third-order valence-corrected chi connectivity index (χ3v) is 3.80. The van der Waals surface area contributed by atoms with Crippen molar-refractivity contribution < 1.29 is 9.53 Å². The lowest BCUT2D eigenvalue weighted by atomic mass is 10.1. The minimum absolute atomic E-state index is 0.0558. The smallest absolute Gasteiger partial charge is 0.305 e. The van der Waals surface area contributed by atoms with Gasteiger partial charge in [-0.25, -0.2) is 0 Å². The standard InChI is InChI=1S/C16H32N2O2/c1-3-20-16(19)9-5-4-6-10-17-13-15(2)14-18-11-7-8-12-18/h15,17H,3-14H2,1-2H3. The predicted molar refractivity (Wildman–Crippen MR) is 82.8 cm³/mol. The van der Waals surface area contributed by atoms with Crippen LogP contribution in [0.4, 0.5) is 0 Å². The molecule has 4 heteroatoms. The molecule has 0 spiro atoms. The Morgan fingerprint density at radius 1 is 1.25 bits per heavy atom. The van der Waals surface area contributed by atoms with Crippen LogP contribution >= 0.6 is 0 Å². The highest BCUT2D eigenvalue weighted by Gasteiger charge is 2.13. The maximum Gasteiger partial charge on any atom is 0.305 e. The second kappa shape index (κ2) is 11.1. The molecule has 0 saturated carbocycles. The Morgan fingerprint density at radius 3 is 2.70 bits per heavy atom. The molecule has 1 unspecified atom stereocenters. The average molecular weight is 284 g/mol. The maximum absolute atomic E-state index is 11.1. The van der Waals surface area contributed by atoms with Crippen molar-refractivity contribution in [1.29, 1.82) is 0 Å². The lowest BCUT2D eigenvalue weighted by Gasteiger charge is -2.20. The van der Waals surface area contributed by atoms with Crippen molar-refractivity contribution in [1.82, 2.24) is 10.2 Å². The lowest BCUT2D eigenvalue weighted by Crippen LogP contribution is -2.32. The fourth-order valence-electron chi connectivity index (χ4n) is 2.75. The van der Waals surface area contributed by atoms with E-state index in [1.54, 1.807) is 0 Å². The summed E-state index contributed by atoms with van der Waals surface area (Å²) in [6.45, 7) is 10.7. The number of carbonyl (C=O) groups excluding carboxylic acids is 1. The van der Waals surface area contributed by atoms with Gasteiger partial charge in [0.25, 0.3) is 0 Å². The number of rotatable bonds is 11. The van der Waals surface area contributed by atoms with Crippen LogP contribution in [0.25, 0.3) is 0 Å². The molecule has 0 bridgehead atoms. The number of hydrogen-bond acceptors (Lipinski definition) is 4. The molecule has 118 valence electrons. The van der Waals surface area contributed by atoms with Gasteiger partial charge in [-0.15, -0.1) is 0 Å². The van der Waals surface area contributed by atoms with E-state index in [0.29, 0.717) is 13.0 Å². The molecule has 1 aliphatic rings. The van der Waals surface area contributed by atoms with Gasteiger partial charge in [0.1, 0.15) is 0 Å². The normalized spacial score (nSPS) is 17.3. The van der Waals surface area contributed by atoms with Crippen LogP contribution in [0.3, 0.4) is 0 Å². The summed E-state index contributed by atoms with van der Waals surface area (Å²) in [5.41, 5.74) is 0. The zero-order valence-corrected chi connectivity index (χ0v) is 13.3. The van der Waals surface area contributed by atoms with Crippen molar-refractivity contribution in [2.75, 3.05) is 39.3 Å². The number of likely N-dealkylation sites (tertiary alicyclic amines) is 1. The molecule has 1 aliphatic heterocycles. The van der Waals surface area contributed by atoms with Gasteiger partial charge in [-0.1, -0.05) is 13.3 Å². The molecular weight excluding hydrogens is 252 g/mol. The Hall–Kier alpha value is -0.610. The van der Waals surface area contributed by atoms with Gasteiger partial charge in [-0.3, -0.25) is 4.79 Å². The molecule has 4 nitrogen and oxygen atoms in total. The highest BCUT2D eigenvalue weighted by Crippen LogP contribution is 2.09. The Labute approximate surface area is 124 Å². The fraction of sp³-hybridized carbons (Fsp3) is 0.938. The monoisotopic (exact) mass is 284 g/mol. The van der Waals surface area contributed by atoms with Gasteiger partial charge >= 0.3 is 5.97 Å². The quantitative estimate of drug-likeness (QED) is 0.467. The van der Waals surface area contributed by atoms with Gasteiger partial charge in [0.05, 0.1) is 6.61 Å². The Morgan fingerprint density at radius 2 is 2.00 bits per heavy atom. The number of carbonyl (C=O) groups is 1. The SMILES string of the molecule is CCOC(=O)CCCCCNCC(C)CN1CCCC1. The summed E-state index contributed by atoms with van der Waals surface area (Å²) in [4.78, 5) is 13.7. The van der Waals surface area contributed by atoms with E-state index in [2.05, 4.69) is 17.1 Å². The first-order valence-corrected chi connectivity index (χ1v) is 8.31. The molecule has 0 amide bonds. The highest BCUT2D eigenvalue weighted by atomic mass is 16.5. The second-order valence-corrected chi connectivity index (χ2v) is 5.93. The molecule has 0 radical (unpaired) electrons. The molecule has 0 aromatic carbocycles. The van der Waals surface area contributed by atoms with Crippen LogP contribution < -0.4 is 5.32 Å². The molecule has 1 atom stereocenters. The van der Waals surface area contributed by atoms with Crippen molar-refractivity contribution in [3.63, 3.8) is 0 Å². The number of hydrogen-bond donors (Lipinski definition) is 1. The van der Waals surface area contributed by atoms with Gasteiger partial charge in [0.2, 0.25) is 0 Å². The molecule has 1 N–H and O–H groups in total. The summed E-state index contributed by atoms with van der Waals surface area (Å²) in [5.74, 6) is 0.673. The minimum atomic E-state index is -0.0558. The van der Waals surface area contributed by atoms with E-state index < -0.39 is 0 Å². The first-order valence-electron chi connectivity index (χ1n) is 8.31. The Bertz CT molecular complexity index is 253. The minimum Gasteiger partial charge on any atom is -0.466 e. The summed E-state index contributed by atoms with van der Waals surface area (Å²) >= 11 is 0. The summed E-state index contributed by atoms with van der Waals surface area (Å²) in [7, 11) is 0. The third-order valence-electron chi connectivity index (χ3n) is 3.80. The molecule has 1 fully saturated rings. The van der Waals surface area contributed by atoms with E-state index >= 15 is 0 Å². The van der Waals surface area contributed by atoms with Gasteiger partial charge in [-0.05, 0) is 64.7 Å². The number of unbranched alkanes of at least 4 members (excludes halogenated alkanes) is 2. The second-order valence-electron chi connectivity index (χ2n) is 5.93. The van der Waals surface area contributed by atoms with Crippen LogP contribution in [0, 0.1) is 5.92 Å². The Balaban J connectivity index is 1.85. The first-order chi connectivity index (χ1) is 9.72. The van der Waals surface area contributed by atoms with Crippen LogP contribution in [-0.2, 0) is 9.53 Å². The Kier molecular flexibility index (Phi) is 9.67. The molecule has 1 heterocycles. The number of nitrogens with zero attached hydrogens (tertiary/aromatic N) is 1. The lowest BCUT2D eigenvalue weighted by molar-refractivity contribution is -0.143. The molecule has 0 aliphatic carbocycles. The van der Waals surface area contributed by atoms with E-state index in [-0.39, 0.29) is 5.97 Å². The third kappa shape index (κ3) is 8.54. The van der Waals surface area contributed by atoms with Crippen LogP contribution in [0.2, 0.25) is 0 Å². The molecule has 1 saturated heterocycles. The van der Waals surface area contributed by atoms with Crippen molar-refractivity contribution in [3.8, 4) is 0 Å². The van der Waals surface area contributed by atoms with Crippen molar-refractivity contribution in [2.45, 2.75) is 52.4 Å². The van der Waals surface area contributed by atoms with Gasteiger partial charge in [-0.2, -0.15) is 0 Å².